The van der Waals surface area contributed by atoms with Gasteiger partial charge in [0.2, 0.25) is 0 Å². The average molecular weight is 393 g/mol. The first-order valence-electron chi connectivity index (χ1n) is 9.87. The summed E-state index contributed by atoms with van der Waals surface area (Å²) in [5, 5.41) is 7.24. The summed E-state index contributed by atoms with van der Waals surface area (Å²) in [6, 6.07) is 13.8. The Hall–Kier alpha value is -2.97. The molecule has 29 heavy (non-hydrogen) atoms. The number of rotatable bonds is 4. The van der Waals surface area contributed by atoms with Crippen molar-refractivity contribution < 1.29 is 14.0 Å². The highest BCUT2D eigenvalue weighted by Crippen LogP contribution is 2.34. The molecule has 8 heteroatoms. The van der Waals surface area contributed by atoms with Crippen molar-refractivity contribution >= 4 is 17.5 Å². The molecule has 5 rings (SSSR count). The molecule has 3 aromatic rings. The summed E-state index contributed by atoms with van der Waals surface area (Å²) in [7, 11) is 0. The van der Waals surface area contributed by atoms with Crippen molar-refractivity contribution in [3.63, 3.8) is 0 Å². The minimum atomic E-state index is -0.412. The summed E-state index contributed by atoms with van der Waals surface area (Å²) < 4.78 is 16.9. The molecule has 0 saturated carbocycles. The number of anilines is 3. The lowest BCUT2D eigenvalue weighted by molar-refractivity contribution is -0.169. The number of nitrogens with one attached hydrogen (secondary N) is 1. The monoisotopic (exact) mass is 393 g/mol. The standard InChI is InChI=1S/C21H23N5O3/c1-15-13-18(25-29-15)22-17-14-19(24-20(23-17)16-5-3-2-4-6-16)26-9-7-21(8-10-26)27-11-12-28-21/h2-6,13-14H,7-12H2,1H3,(H,22,23,24,25). The topological polar surface area (TPSA) is 85.5 Å². The maximum Gasteiger partial charge on any atom is 0.175 e. The van der Waals surface area contributed by atoms with Gasteiger partial charge < -0.3 is 24.2 Å². The highest BCUT2D eigenvalue weighted by molar-refractivity contribution is 5.64. The molecule has 8 nitrogen and oxygen atoms in total. The Balaban J connectivity index is 1.44. The number of aromatic nitrogens is 3. The van der Waals surface area contributed by atoms with Gasteiger partial charge in [-0.25, -0.2) is 9.97 Å². The molecule has 1 aromatic carbocycles. The Morgan fingerprint density at radius 1 is 0.966 bits per heavy atom. The van der Waals surface area contributed by atoms with Gasteiger partial charge in [-0.3, -0.25) is 0 Å². The van der Waals surface area contributed by atoms with Crippen molar-refractivity contribution in [1.82, 2.24) is 15.1 Å². The van der Waals surface area contributed by atoms with Crippen molar-refractivity contribution in [2.75, 3.05) is 36.5 Å². The Kier molecular flexibility index (Phi) is 4.65. The number of ether oxygens (including phenoxy) is 2. The van der Waals surface area contributed by atoms with E-state index in [4.69, 9.17) is 24.0 Å². The number of hydrogen-bond donors (Lipinski definition) is 1. The second-order valence-electron chi connectivity index (χ2n) is 7.34. The summed E-state index contributed by atoms with van der Waals surface area (Å²) in [5.41, 5.74) is 0.963. The summed E-state index contributed by atoms with van der Waals surface area (Å²) >= 11 is 0. The summed E-state index contributed by atoms with van der Waals surface area (Å²) in [4.78, 5) is 11.8. The molecule has 150 valence electrons. The molecule has 2 fully saturated rings. The molecular weight excluding hydrogens is 370 g/mol. The van der Waals surface area contributed by atoms with E-state index >= 15 is 0 Å². The molecule has 0 unspecified atom stereocenters. The van der Waals surface area contributed by atoms with Crippen LogP contribution in [0.2, 0.25) is 0 Å². The van der Waals surface area contributed by atoms with Crippen LogP contribution in [0.25, 0.3) is 11.4 Å². The normalized spacial score (nSPS) is 18.3. The van der Waals surface area contributed by atoms with Crippen LogP contribution in [0, 0.1) is 6.92 Å². The van der Waals surface area contributed by atoms with Gasteiger partial charge in [-0.1, -0.05) is 35.5 Å². The van der Waals surface area contributed by atoms with Crippen molar-refractivity contribution in [2.45, 2.75) is 25.6 Å². The van der Waals surface area contributed by atoms with E-state index in [9.17, 15) is 0 Å². The van der Waals surface area contributed by atoms with E-state index in [2.05, 4.69) is 15.4 Å². The molecular formula is C21H23N5O3. The third-order valence-electron chi connectivity index (χ3n) is 5.29. The summed E-state index contributed by atoms with van der Waals surface area (Å²) in [5.74, 6) is 3.16. The highest BCUT2D eigenvalue weighted by Gasteiger charge is 2.40. The van der Waals surface area contributed by atoms with Crippen LogP contribution < -0.4 is 10.2 Å². The fraction of sp³-hybridized carbons (Fsp3) is 0.381. The number of piperidine rings is 1. The minimum Gasteiger partial charge on any atom is -0.360 e. The molecule has 0 amide bonds. The van der Waals surface area contributed by atoms with Gasteiger partial charge >= 0.3 is 0 Å². The Morgan fingerprint density at radius 3 is 2.41 bits per heavy atom. The third-order valence-corrected chi connectivity index (χ3v) is 5.29. The molecule has 0 aliphatic carbocycles. The Morgan fingerprint density at radius 2 is 1.72 bits per heavy atom. The van der Waals surface area contributed by atoms with Gasteiger partial charge in [0, 0.05) is 43.6 Å². The number of aryl methyl sites for hydroxylation is 1. The van der Waals surface area contributed by atoms with Crippen LogP contribution in [-0.4, -0.2) is 47.2 Å². The first kappa shape index (κ1) is 18.1. The summed E-state index contributed by atoms with van der Waals surface area (Å²) in [6.45, 7) is 4.84. The fourth-order valence-electron chi connectivity index (χ4n) is 3.80. The minimum absolute atomic E-state index is 0.412. The van der Waals surface area contributed by atoms with E-state index in [1.807, 2.05) is 49.4 Å². The number of hydrogen-bond acceptors (Lipinski definition) is 8. The van der Waals surface area contributed by atoms with E-state index in [0.717, 1.165) is 43.1 Å². The van der Waals surface area contributed by atoms with Crippen molar-refractivity contribution in [2.24, 2.45) is 0 Å². The molecule has 2 aromatic heterocycles. The van der Waals surface area contributed by atoms with Gasteiger partial charge in [0.05, 0.1) is 13.2 Å². The maximum atomic E-state index is 5.85. The lowest BCUT2D eigenvalue weighted by atomic mass is 10.0. The zero-order valence-electron chi connectivity index (χ0n) is 16.3. The maximum absolute atomic E-state index is 5.85. The first-order chi connectivity index (χ1) is 14.2. The van der Waals surface area contributed by atoms with Crippen LogP contribution in [0.3, 0.4) is 0 Å². The van der Waals surface area contributed by atoms with Gasteiger partial charge in [-0.05, 0) is 6.92 Å². The van der Waals surface area contributed by atoms with E-state index in [1.54, 1.807) is 0 Å². The predicted molar refractivity (Wildman–Crippen MR) is 108 cm³/mol. The van der Waals surface area contributed by atoms with Crippen LogP contribution >= 0.6 is 0 Å². The fourth-order valence-corrected chi connectivity index (χ4v) is 3.80. The molecule has 2 aliphatic heterocycles. The molecule has 0 radical (unpaired) electrons. The first-order valence-corrected chi connectivity index (χ1v) is 9.87. The molecule has 0 atom stereocenters. The Labute approximate surface area is 168 Å². The average Bonchev–Trinajstić information content (AvgIpc) is 3.38. The third kappa shape index (κ3) is 3.81. The SMILES string of the molecule is Cc1cc(Nc2cc(N3CCC4(CC3)OCCO4)nc(-c3ccccc3)n2)no1. The second kappa shape index (κ2) is 7.46. The largest absolute Gasteiger partial charge is 0.360 e. The van der Waals surface area contributed by atoms with Gasteiger partial charge in [0.25, 0.3) is 0 Å². The predicted octanol–water partition coefficient (Wildman–Crippen LogP) is 3.53. The second-order valence-corrected chi connectivity index (χ2v) is 7.34. The van der Waals surface area contributed by atoms with E-state index in [-0.39, 0.29) is 0 Å². The van der Waals surface area contributed by atoms with E-state index < -0.39 is 5.79 Å². The van der Waals surface area contributed by atoms with E-state index in [0.29, 0.717) is 30.7 Å². The highest BCUT2D eigenvalue weighted by atomic mass is 16.7. The van der Waals surface area contributed by atoms with Crippen molar-refractivity contribution in [3.05, 3.63) is 48.2 Å². The van der Waals surface area contributed by atoms with Crippen LogP contribution in [0.15, 0.2) is 47.0 Å². The molecule has 4 heterocycles. The quantitative estimate of drug-likeness (QED) is 0.721. The van der Waals surface area contributed by atoms with Crippen LogP contribution in [0.4, 0.5) is 17.5 Å². The zero-order valence-corrected chi connectivity index (χ0v) is 16.3. The van der Waals surface area contributed by atoms with Gasteiger partial charge in [-0.2, -0.15) is 0 Å². The van der Waals surface area contributed by atoms with Crippen LogP contribution in [0.1, 0.15) is 18.6 Å². The molecule has 2 saturated heterocycles. The lowest BCUT2D eigenvalue weighted by Crippen LogP contribution is -2.45. The lowest BCUT2D eigenvalue weighted by Gasteiger charge is -2.38. The Bertz CT molecular complexity index is 975. The molecule has 0 bridgehead atoms. The summed E-state index contributed by atoms with van der Waals surface area (Å²) in [6.07, 6.45) is 1.64. The van der Waals surface area contributed by atoms with Crippen molar-refractivity contribution in [1.29, 1.82) is 0 Å². The van der Waals surface area contributed by atoms with Gasteiger partial charge in [-0.15, -0.1) is 0 Å². The van der Waals surface area contributed by atoms with Gasteiger partial charge in [0.15, 0.2) is 17.4 Å². The van der Waals surface area contributed by atoms with Crippen LogP contribution in [-0.2, 0) is 9.47 Å². The van der Waals surface area contributed by atoms with Gasteiger partial charge in [0.1, 0.15) is 17.4 Å². The van der Waals surface area contributed by atoms with E-state index in [1.165, 1.54) is 0 Å². The molecule has 1 N–H and O–H groups in total. The molecule has 2 aliphatic rings. The number of nitrogens with zero attached hydrogens (tertiary/aromatic N) is 4. The number of benzene rings is 1. The van der Waals surface area contributed by atoms with Crippen LogP contribution in [0.5, 0.6) is 0 Å². The zero-order chi connectivity index (χ0) is 19.7. The van der Waals surface area contributed by atoms with Crippen molar-refractivity contribution in [3.8, 4) is 11.4 Å². The molecule has 1 spiro atoms. The smallest absolute Gasteiger partial charge is 0.175 e.